The van der Waals surface area contributed by atoms with E-state index >= 15 is 0 Å². The zero-order valence-electron chi connectivity index (χ0n) is 14.5. The van der Waals surface area contributed by atoms with Crippen LogP contribution in [0.2, 0.25) is 0 Å². The van der Waals surface area contributed by atoms with E-state index in [-0.39, 0.29) is 12.2 Å². The number of aryl methyl sites for hydroxylation is 1. The van der Waals surface area contributed by atoms with Crippen molar-refractivity contribution in [2.24, 2.45) is 0 Å². The number of thiophene rings is 1. The van der Waals surface area contributed by atoms with E-state index in [0.29, 0.717) is 16.6 Å². The van der Waals surface area contributed by atoms with Crippen molar-refractivity contribution in [1.82, 2.24) is 9.55 Å². The molecule has 3 aromatic rings. The summed E-state index contributed by atoms with van der Waals surface area (Å²) in [4.78, 5) is 31.5. The van der Waals surface area contributed by atoms with Crippen molar-refractivity contribution >= 4 is 27.5 Å². The van der Waals surface area contributed by atoms with Crippen molar-refractivity contribution < 1.29 is 9.53 Å². The molecule has 2 heterocycles. The largest absolute Gasteiger partial charge is 0.464 e. The maximum atomic E-state index is 13.2. The van der Waals surface area contributed by atoms with Crippen molar-refractivity contribution in [3.8, 4) is 11.1 Å². The zero-order chi connectivity index (χ0) is 18.0. The lowest BCUT2D eigenvalue weighted by molar-refractivity contribution is -0.147. The van der Waals surface area contributed by atoms with Gasteiger partial charge in [0.15, 0.2) is 0 Å². The molecule has 0 N–H and O–H groups in total. The lowest BCUT2D eigenvalue weighted by Gasteiger charge is -2.16. The number of rotatable bonds is 5. The molecule has 5 nitrogen and oxygen atoms in total. The maximum Gasteiger partial charge on any atom is 0.329 e. The minimum absolute atomic E-state index is 0.201. The number of benzene rings is 1. The minimum Gasteiger partial charge on any atom is -0.464 e. The first-order valence-electron chi connectivity index (χ1n) is 8.30. The molecule has 0 aliphatic carbocycles. The molecule has 0 saturated carbocycles. The molecule has 0 aliphatic heterocycles. The van der Waals surface area contributed by atoms with E-state index in [1.165, 1.54) is 22.2 Å². The summed E-state index contributed by atoms with van der Waals surface area (Å²) in [5, 5.41) is 0.568. The van der Waals surface area contributed by atoms with Gasteiger partial charge in [-0.3, -0.25) is 9.36 Å². The van der Waals surface area contributed by atoms with Crippen LogP contribution in [0.15, 0.2) is 41.5 Å². The van der Waals surface area contributed by atoms with Gasteiger partial charge in [0, 0.05) is 10.4 Å². The number of aromatic nitrogens is 2. The number of ether oxygens (including phenoxy) is 1. The number of fused-ring (bicyclic) bond motifs is 1. The number of hydrogen-bond acceptors (Lipinski definition) is 5. The van der Waals surface area contributed by atoms with Crippen LogP contribution in [0.1, 0.15) is 31.2 Å². The highest BCUT2D eigenvalue weighted by Gasteiger charge is 2.24. The molecule has 0 bridgehead atoms. The van der Waals surface area contributed by atoms with Gasteiger partial charge in [0.2, 0.25) is 0 Å². The molecule has 1 aromatic carbocycles. The molecule has 1 unspecified atom stereocenters. The molecule has 25 heavy (non-hydrogen) atoms. The summed E-state index contributed by atoms with van der Waals surface area (Å²) >= 11 is 1.49. The van der Waals surface area contributed by atoms with Crippen LogP contribution in [0, 0.1) is 6.92 Å². The van der Waals surface area contributed by atoms with Gasteiger partial charge in [0.1, 0.15) is 10.9 Å². The summed E-state index contributed by atoms with van der Waals surface area (Å²) in [6.07, 6.45) is 1.93. The van der Waals surface area contributed by atoms with Gasteiger partial charge < -0.3 is 4.74 Å². The summed E-state index contributed by atoms with van der Waals surface area (Å²) in [5.41, 5.74) is 1.67. The predicted molar refractivity (Wildman–Crippen MR) is 100 cm³/mol. The average Bonchev–Trinajstić information content (AvgIpc) is 2.95. The van der Waals surface area contributed by atoms with Crippen LogP contribution in [0.4, 0.5) is 0 Å². The van der Waals surface area contributed by atoms with Crippen molar-refractivity contribution in [3.05, 3.63) is 51.9 Å². The van der Waals surface area contributed by atoms with Gasteiger partial charge in [-0.25, -0.2) is 9.78 Å². The second kappa shape index (κ2) is 7.19. The Morgan fingerprint density at radius 1 is 1.28 bits per heavy atom. The van der Waals surface area contributed by atoms with Gasteiger partial charge in [0.05, 0.1) is 18.3 Å². The number of carbonyl (C=O) groups excluding carboxylic acids is 1. The standard InChI is InChI=1S/C19H20N2O3S/c1-4-14(19(23)24-5-2)21-11-20-17-16(18(21)22)15(12(3)25-17)13-9-7-6-8-10-13/h6-11,14H,4-5H2,1-3H3. The summed E-state index contributed by atoms with van der Waals surface area (Å²) in [6.45, 7) is 5.88. The number of esters is 1. The van der Waals surface area contributed by atoms with Gasteiger partial charge in [0.25, 0.3) is 5.56 Å². The Kier molecular flexibility index (Phi) is 4.99. The summed E-state index contributed by atoms with van der Waals surface area (Å²) in [7, 11) is 0. The molecule has 0 aliphatic rings. The molecule has 1 atom stereocenters. The zero-order valence-corrected chi connectivity index (χ0v) is 15.3. The Morgan fingerprint density at radius 3 is 2.64 bits per heavy atom. The summed E-state index contributed by atoms with van der Waals surface area (Å²) < 4.78 is 6.51. The first-order chi connectivity index (χ1) is 12.1. The number of carbonyl (C=O) groups is 1. The number of nitrogens with zero attached hydrogens (tertiary/aromatic N) is 2. The van der Waals surface area contributed by atoms with Crippen LogP contribution in [0.3, 0.4) is 0 Å². The van der Waals surface area contributed by atoms with Crippen molar-refractivity contribution in [2.75, 3.05) is 6.61 Å². The Bertz CT molecular complexity index is 960. The van der Waals surface area contributed by atoms with E-state index in [2.05, 4.69) is 4.98 Å². The van der Waals surface area contributed by atoms with Crippen molar-refractivity contribution in [2.45, 2.75) is 33.2 Å². The highest BCUT2D eigenvalue weighted by Crippen LogP contribution is 2.35. The second-order valence-corrected chi connectivity index (χ2v) is 6.92. The Labute approximate surface area is 149 Å². The van der Waals surface area contributed by atoms with Crippen LogP contribution in [0.5, 0.6) is 0 Å². The fourth-order valence-corrected chi connectivity index (χ4v) is 4.01. The Balaban J connectivity index is 2.23. The molecule has 0 radical (unpaired) electrons. The van der Waals surface area contributed by atoms with Crippen LogP contribution in [-0.4, -0.2) is 22.1 Å². The van der Waals surface area contributed by atoms with Crippen molar-refractivity contribution in [1.29, 1.82) is 0 Å². The van der Waals surface area contributed by atoms with Gasteiger partial charge in [-0.15, -0.1) is 11.3 Å². The molecule has 0 saturated heterocycles. The van der Waals surface area contributed by atoms with Crippen LogP contribution in [0.25, 0.3) is 21.3 Å². The second-order valence-electron chi connectivity index (χ2n) is 5.71. The molecule has 0 spiro atoms. The summed E-state index contributed by atoms with van der Waals surface area (Å²) in [5.74, 6) is -0.401. The molecule has 130 valence electrons. The third-order valence-corrected chi connectivity index (χ3v) is 5.17. The fraction of sp³-hybridized carbons (Fsp3) is 0.316. The van der Waals surface area contributed by atoms with Crippen LogP contribution >= 0.6 is 11.3 Å². The normalized spacial score (nSPS) is 12.3. The third-order valence-electron chi connectivity index (χ3n) is 4.16. The monoisotopic (exact) mass is 356 g/mol. The quantitative estimate of drug-likeness (QED) is 0.650. The Hall–Kier alpha value is -2.47. The van der Waals surface area contributed by atoms with Crippen molar-refractivity contribution in [3.63, 3.8) is 0 Å². The Morgan fingerprint density at radius 2 is 2.00 bits per heavy atom. The lowest BCUT2D eigenvalue weighted by atomic mass is 10.0. The molecule has 0 fully saturated rings. The van der Waals surface area contributed by atoms with E-state index in [9.17, 15) is 9.59 Å². The van der Waals surface area contributed by atoms with E-state index in [0.717, 1.165) is 16.0 Å². The predicted octanol–water partition coefficient (Wildman–Crippen LogP) is 3.95. The average molecular weight is 356 g/mol. The highest BCUT2D eigenvalue weighted by atomic mass is 32.1. The first kappa shape index (κ1) is 17.4. The van der Waals surface area contributed by atoms with Gasteiger partial charge in [-0.2, -0.15) is 0 Å². The summed E-state index contributed by atoms with van der Waals surface area (Å²) in [6, 6.07) is 9.13. The molecular weight excluding hydrogens is 336 g/mol. The minimum atomic E-state index is -0.659. The van der Waals surface area contributed by atoms with Crippen LogP contribution < -0.4 is 5.56 Å². The highest BCUT2D eigenvalue weighted by molar-refractivity contribution is 7.19. The van der Waals surface area contributed by atoms with Gasteiger partial charge in [-0.1, -0.05) is 37.3 Å². The van der Waals surface area contributed by atoms with Crippen LogP contribution in [-0.2, 0) is 9.53 Å². The molecule has 3 rings (SSSR count). The van der Waals surface area contributed by atoms with E-state index < -0.39 is 12.0 Å². The third kappa shape index (κ3) is 3.09. The first-order valence-corrected chi connectivity index (χ1v) is 9.12. The van der Waals surface area contributed by atoms with E-state index in [1.807, 2.05) is 44.2 Å². The maximum absolute atomic E-state index is 13.2. The SMILES string of the molecule is CCOC(=O)C(CC)n1cnc2sc(C)c(-c3ccccc3)c2c1=O. The van der Waals surface area contributed by atoms with Gasteiger partial charge in [-0.05, 0) is 25.8 Å². The molecular formula is C19H20N2O3S. The molecule has 0 amide bonds. The van der Waals surface area contributed by atoms with Gasteiger partial charge >= 0.3 is 5.97 Å². The molecule has 6 heteroatoms. The van der Waals surface area contributed by atoms with E-state index in [4.69, 9.17) is 4.74 Å². The fourth-order valence-electron chi connectivity index (χ4n) is 3.01. The number of hydrogen-bond donors (Lipinski definition) is 0. The smallest absolute Gasteiger partial charge is 0.329 e. The topological polar surface area (TPSA) is 61.2 Å². The lowest BCUT2D eigenvalue weighted by Crippen LogP contribution is -2.31. The molecule has 2 aromatic heterocycles. The van der Waals surface area contributed by atoms with E-state index in [1.54, 1.807) is 6.92 Å².